The van der Waals surface area contributed by atoms with Crippen molar-refractivity contribution < 1.29 is 13.5 Å². The van der Waals surface area contributed by atoms with Gasteiger partial charge in [0.25, 0.3) is 0 Å². The minimum Gasteiger partial charge on any atom is -0.391 e. The number of hydrogen-bond donors (Lipinski definition) is 2. The molecule has 1 aliphatic heterocycles. The lowest BCUT2D eigenvalue weighted by Crippen LogP contribution is -2.24. The number of H-pyrrole nitrogens is 1. The summed E-state index contributed by atoms with van der Waals surface area (Å²) in [5.41, 5.74) is 3.61. The molecule has 8 heteroatoms. The smallest absolute Gasteiger partial charge is 0.242 e. The summed E-state index contributed by atoms with van der Waals surface area (Å²) in [7, 11) is -0.476. The Labute approximate surface area is 171 Å². The van der Waals surface area contributed by atoms with Gasteiger partial charge in [-0.05, 0) is 36.8 Å². The Bertz CT molecular complexity index is 1060. The minimum atomic E-state index is -3.54. The van der Waals surface area contributed by atoms with Crippen molar-refractivity contribution in [2.45, 2.75) is 17.4 Å². The van der Waals surface area contributed by atoms with Crippen LogP contribution in [0.25, 0.3) is 22.2 Å². The molecule has 150 valence electrons. The van der Waals surface area contributed by atoms with Crippen LogP contribution < -0.4 is 4.90 Å². The van der Waals surface area contributed by atoms with Crippen LogP contribution in [0.2, 0.25) is 0 Å². The van der Waals surface area contributed by atoms with E-state index in [9.17, 15) is 13.5 Å². The van der Waals surface area contributed by atoms with Gasteiger partial charge in [0.05, 0.1) is 11.0 Å². The number of para-hydroxylation sites is 1. The number of anilines is 1. The third-order valence-electron chi connectivity index (χ3n) is 5.07. The molecule has 1 aliphatic rings. The number of aliphatic hydroxyl groups is 1. The lowest BCUT2D eigenvalue weighted by molar-refractivity contribution is 0.198. The zero-order valence-electron chi connectivity index (χ0n) is 15.8. The number of benzene rings is 2. The molecule has 1 fully saturated rings. The highest BCUT2D eigenvalue weighted by molar-refractivity contribution is 7.89. The quantitative estimate of drug-likeness (QED) is 0.678. The number of nitrogens with one attached hydrogen (secondary N) is 1. The van der Waals surface area contributed by atoms with E-state index in [0.29, 0.717) is 13.0 Å². The summed E-state index contributed by atoms with van der Waals surface area (Å²) in [6.07, 6.45) is 0.356. The normalized spacial score (nSPS) is 17.3. The van der Waals surface area contributed by atoms with Gasteiger partial charge in [-0.3, -0.25) is 0 Å². The molecular weight excluding hydrogens is 398 g/mol. The number of hydrogen-bond acceptors (Lipinski definition) is 4. The Kier molecular flexibility index (Phi) is 5.72. The second-order valence-corrected chi connectivity index (χ2v) is 9.28. The number of β-amino-alcohol motifs (C(OH)–C–C–N with tert-alkyl or cyclic N) is 1. The van der Waals surface area contributed by atoms with Crippen molar-refractivity contribution in [3.05, 3.63) is 48.5 Å². The molecule has 0 radical (unpaired) electrons. The summed E-state index contributed by atoms with van der Waals surface area (Å²) in [5, 5.41) is 11.0. The van der Waals surface area contributed by atoms with Crippen LogP contribution in [0, 0.1) is 0 Å². The number of rotatable bonds is 4. The van der Waals surface area contributed by atoms with Gasteiger partial charge in [-0.2, -0.15) is 0 Å². The highest BCUT2D eigenvalue weighted by atomic mass is 35.5. The van der Waals surface area contributed by atoms with E-state index in [1.807, 2.05) is 36.4 Å². The van der Waals surface area contributed by atoms with Crippen LogP contribution in [-0.4, -0.2) is 56.1 Å². The van der Waals surface area contributed by atoms with Gasteiger partial charge in [-0.25, -0.2) is 12.7 Å². The van der Waals surface area contributed by atoms with E-state index in [2.05, 4.69) is 9.88 Å². The maximum atomic E-state index is 12.6. The monoisotopic (exact) mass is 421 g/mol. The summed E-state index contributed by atoms with van der Waals surface area (Å²) in [6.45, 7) is 1.29. The van der Waals surface area contributed by atoms with E-state index in [-0.39, 0.29) is 23.4 Å². The number of sulfonamides is 1. The maximum Gasteiger partial charge on any atom is 0.242 e. The molecule has 1 atom stereocenters. The fraction of sp³-hybridized carbons (Fsp3) is 0.300. The van der Waals surface area contributed by atoms with E-state index in [1.54, 1.807) is 12.1 Å². The molecule has 2 heterocycles. The predicted octanol–water partition coefficient (Wildman–Crippen LogP) is 3.08. The van der Waals surface area contributed by atoms with Gasteiger partial charge in [0.2, 0.25) is 10.0 Å². The van der Waals surface area contributed by atoms with Gasteiger partial charge in [0.15, 0.2) is 0 Å². The summed E-state index contributed by atoms with van der Waals surface area (Å²) in [4.78, 5) is 5.76. The number of halogens is 1. The first-order valence-corrected chi connectivity index (χ1v) is 10.4. The Hall–Kier alpha value is -2.06. The lowest BCUT2D eigenvalue weighted by atomic mass is 10.1. The van der Waals surface area contributed by atoms with Crippen LogP contribution in [0.15, 0.2) is 53.4 Å². The fourth-order valence-electron chi connectivity index (χ4n) is 3.56. The molecule has 0 spiro atoms. The summed E-state index contributed by atoms with van der Waals surface area (Å²) < 4.78 is 26.5. The lowest BCUT2D eigenvalue weighted by Gasteiger charge is -2.22. The second-order valence-electron chi connectivity index (χ2n) is 7.13. The van der Waals surface area contributed by atoms with Crippen LogP contribution in [0.4, 0.5) is 5.69 Å². The Morgan fingerprint density at radius 3 is 2.54 bits per heavy atom. The zero-order chi connectivity index (χ0) is 19.2. The Balaban J connectivity index is 0.00000225. The molecule has 4 rings (SSSR count). The number of aliphatic hydroxyl groups excluding tert-OH is 1. The molecule has 0 bridgehead atoms. The summed E-state index contributed by atoms with van der Waals surface area (Å²) >= 11 is 0. The predicted molar refractivity (Wildman–Crippen MR) is 115 cm³/mol. The van der Waals surface area contributed by atoms with Crippen LogP contribution in [0.3, 0.4) is 0 Å². The molecule has 6 nitrogen and oxygen atoms in total. The topological polar surface area (TPSA) is 76.6 Å². The van der Waals surface area contributed by atoms with Crippen molar-refractivity contribution in [3.8, 4) is 11.3 Å². The van der Waals surface area contributed by atoms with E-state index in [1.165, 1.54) is 18.4 Å². The summed E-state index contributed by atoms with van der Waals surface area (Å²) in [5.74, 6) is 0. The molecule has 3 aromatic rings. The third-order valence-corrected chi connectivity index (χ3v) is 6.88. The molecule has 0 saturated carbocycles. The average molecular weight is 422 g/mol. The van der Waals surface area contributed by atoms with Crippen molar-refractivity contribution in [2.24, 2.45) is 0 Å². The van der Waals surface area contributed by atoms with Gasteiger partial charge in [0, 0.05) is 55.0 Å². The Morgan fingerprint density at radius 1 is 1.14 bits per heavy atom. The molecule has 0 amide bonds. The third kappa shape index (κ3) is 3.63. The largest absolute Gasteiger partial charge is 0.391 e. The van der Waals surface area contributed by atoms with Crippen molar-refractivity contribution in [2.75, 3.05) is 32.1 Å². The van der Waals surface area contributed by atoms with E-state index < -0.39 is 10.0 Å². The van der Waals surface area contributed by atoms with Gasteiger partial charge in [0.1, 0.15) is 0 Å². The molecule has 1 aromatic heterocycles. The van der Waals surface area contributed by atoms with Gasteiger partial charge in [-0.1, -0.05) is 18.2 Å². The van der Waals surface area contributed by atoms with E-state index in [0.717, 1.165) is 34.4 Å². The molecule has 2 N–H and O–H groups in total. The molecule has 2 aromatic carbocycles. The molecular formula is C20H24ClN3O3S. The summed E-state index contributed by atoms with van der Waals surface area (Å²) in [6, 6.07) is 15.2. The number of fused-ring (bicyclic) bond motifs is 1. The fourth-order valence-corrected chi connectivity index (χ4v) is 4.49. The second kappa shape index (κ2) is 7.75. The number of aromatic nitrogens is 1. The number of nitrogens with zero attached hydrogens (tertiary/aromatic N) is 2. The van der Waals surface area contributed by atoms with Crippen LogP contribution in [-0.2, 0) is 10.0 Å². The molecule has 28 heavy (non-hydrogen) atoms. The molecule has 0 aliphatic carbocycles. The van der Waals surface area contributed by atoms with Crippen LogP contribution in [0.5, 0.6) is 0 Å². The SMILES string of the molecule is CN(C)S(=O)(=O)c1ccc(N2CC[C@H](O)C2)c(-c2cc3ccccc3[nH]2)c1.Cl. The van der Waals surface area contributed by atoms with Gasteiger partial charge in [-0.15, -0.1) is 12.4 Å². The highest BCUT2D eigenvalue weighted by Gasteiger charge is 2.25. The highest BCUT2D eigenvalue weighted by Crippen LogP contribution is 2.36. The molecule has 0 unspecified atom stereocenters. The van der Waals surface area contributed by atoms with Crippen molar-refractivity contribution in [1.29, 1.82) is 0 Å². The first kappa shape index (κ1) is 20.7. The van der Waals surface area contributed by atoms with E-state index >= 15 is 0 Å². The zero-order valence-corrected chi connectivity index (χ0v) is 17.4. The number of aromatic amines is 1. The maximum absolute atomic E-state index is 12.6. The van der Waals surface area contributed by atoms with E-state index in [4.69, 9.17) is 0 Å². The van der Waals surface area contributed by atoms with Crippen molar-refractivity contribution in [3.63, 3.8) is 0 Å². The minimum absolute atomic E-state index is 0. The first-order valence-electron chi connectivity index (χ1n) is 8.94. The molecule has 1 saturated heterocycles. The van der Waals surface area contributed by atoms with Crippen molar-refractivity contribution in [1.82, 2.24) is 9.29 Å². The van der Waals surface area contributed by atoms with Crippen LogP contribution in [0.1, 0.15) is 6.42 Å². The Morgan fingerprint density at radius 2 is 1.89 bits per heavy atom. The first-order chi connectivity index (χ1) is 12.9. The average Bonchev–Trinajstić information content (AvgIpc) is 3.27. The van der Waals surface area contributed by atoms with Crippen molar-refractivity contribution >= 4 is 39.0 Å². The van der Waals surface area contributed by atoms with Gasteiger partial charge >= 0.3 is 0 Å². The van der Waals surface area contributed by atoms with Gasteiger partial charge < -0.3 is 15.0 Å². The standard InChI is InChI=1S/C20H23N3O3S.ClH/c1-22(2)27(25,26)16-7-8-20(23-10-9-15(24)13-23)17(12-16)19-11-14-5-3-4-6-18(14)21-19;/h3-8,11-12,15,21,24H,9-10,13H2,1-2H3;1H/t15-;/m0./s1. The van der Waals surface area contributed by atoms with Crippen LogP contribution >= 0.6 is 12.4 Å².